The Hall–Kier alpha value is -0.710. The molecular weight excluding hydrogens is 234 g/mol. The zero-order valence-electron chi connectivity index (χ0n) is 11.1. The Kier molecular flexibility index (Phi) is 4.47. The second kappa shape index (κ2) is 5.29. The lowest BCUT2D eigenvalue weighted by atomic mass is 9.83. The van der Waals surface area contributed by atoms with Crippen molar-refractivity contribution < 1.29 is 9.90 Å². The van der Waals surface area contributed by atoms with Crippen LogP contribution in [0.2, 0.25) is 0 Å². The summed E-state index contributed by atoms with van der Waals surface area (Å²) in [4.78, 5) is 14.1. The van der Waals surface area contributed by atoms with E-state index >= 15 is 0 Å². The van der Waals surface area contributed by atoms with Crippen LogP contribution >= 0.6 is 11.3 Å². The van der Waals surface area contributed by atoms with Crippen LogP contribution < -0.4 is 0 Å². The largest absolute Gasteiger partial charge is 0.386 e. The quantitative estimate of drug-likeness (QED) is 0.897. The van der Waals surface area contributed by atoms with Crippen molar-refractivity contribution in [3.63, 3.8) is 0 Å². The van der Waals surface area contributed by atoms with Crippen LogP contribution in [0.1, 0.15) is 32.4 Å². The SMILES string of the molecule is CN(C)[C@H](C(=O)C(C)(C)C)[C@H](O)c1ccsc1. The molecule has 1 aromatic heterocycles. The molecule has 0 aromatic carbocycles. The van der Waals surface area contributed by atoms with E-state index in [0.29, 0.717) is 0 Å². The number of hydrogen-bond acceptors (Lipinski definition) is 4. The van der Waals surface area contributed by atoms with Gasteiger partial charge in [-0.25, -0.2) is 0 Å². The van der Waals surface area contributed by atoms with Gasteiger partial charge < -0.3 is 5.11 Å². The molecule has 1 heterocycles. The molecule has 0 aliphatic rings. The van der Waals surface area contributed by atoms with E-state index in [1.807, 2.05) is 51.7 Å². The topological polar surface area (TPSA) is 40.5 Å². The Labute approximate surface area is 107 Å². The summed E-state index contributed by atoms with van der Waals surface area (Å²) >= 11 is 1.53. The van der Waals surface area contributed by atoms with Crippen molar-refractivity contribution in [3.05, 3.63) is 22.4 Å². The molecule has 1 aromatic rings. The Morgan fingerprint density at radius 1 is 1.41 bits per heavy atom. The minimum Gasteiger partial charge on any atom is -0.386 e. The molecule has 0 saturated heterocycles. The summed E-state index contributed by atoms with van der Waals surface area (Å²) in [5, 5.41) is 14.1. The van der Waals surface area contributed by atoms with Crippen LogP contribution in [0.3, 0.4) is 0 Å². The number of carbonyl (C=O) groups excluding carboxylic acids is 1. The third kappa shape index (κ3) is 3.37. The minimum absolute atomic E-state index is 0.0567. The predicted molar refractivity (Wildman–Crippen MR) is 71.2 cm³/mol. The normalized spacial score (nSPS) is 15.9. The lowest BCUT2D eigenvalue weighted by Crippen LogP contribution is -2.46. The van der Waals surface area contributed by atoms with Crippen LogP contribution in [0.5, 0.6) is 0 Å². The van der Waals surface area contributed by atoms with Gasteiger partial charge in [0, 0.05) is 5.41 Å². The fourth-order valence-corrected chi connectivity index (χ4v) is 2.42. The molecule has 4 heteroatoms. The number of thiophene rings is 1. The molecule has 96 valence electrons. The predicted octanol–water partition coefficient (Wildman–Crippen LogP) is 2.33. The third-order valence-electron chi connectivity index (χ3n) is 2.75. The summed E-state index contributed by atoms with van der Waals surface area (Å²) in [6, 6.07) is 1.37. The van der Waals surface area contributed by atoms with E-state index in [1.54, 1.807) is 4.90 Å². The number of aliphatic hydroxyl groups is 1. The first-order valence-electron chi connectivity index (χ1n) is 5.66. The Morgan fingerprint density at radius 3 is 2.35 bits per heavy atom. The first-order valence-corrected chi connectivity index (χ1v) is 6.60. The summed E-state index contributed by atoms with van der Waals surface area (Å²) in [7, 11) is 3.65. The molecule has 0 bridgehead atoms. The third-order valence-corrected chi connectivity index (χ3v) is 3.45. The molecule has 3 nitrogen and oxygen atoms in total. The van der Waals surface area contributed by atoms with E-state index in [0.717, 1.165) is 5.56 Å². The molecular formula is C13H21NO2S. The Morgan fingerprint density at radius 2 is 2.00 bits per heavy atom. The monoisotopic (exact) mass is 255 g/mol. The number of likely N-dealkylation sites (N-methyl/N-ethyl adjacent to an activating group) is 1. The van der Waals surface area contributed by atoms with Crippen LogP contribution in [0.15, 0.2) is 16.8 Å². The van der Waals surface area contributed by atoms with Crippen molar-refractivity contribution in [3.8, 4) is 0 Å². The smallest absolute Gasteiger partial charge is 0.158 e. The zero-order valence-corrected chi connectivity index (χ0v) is 11.9. The number of nitrogens with zero attached hydrogens (tertiary/aromatic N) is 1. The summed E-state index contributed by atoms with van der Waals surface area (Å²) in [5.74, 6) is 0.0567. The fraction of sp³-hybridized carbons (Fsp3) is 0.615. The summed E-state index contributed by atoms with van der Waals surface area (Å²) < 4.78 is 0. The lowest BCUT2D eigenvalue weighted by Gasteiger charge is -2.32. The number of carbonyl (C=O) groups is 1. The van der Waals surface area contributed by atoms with Gasteiger partial charge in [-0.3, -0.25) is 9.69 Å². The van der Waals surface area contributed by atoms with Gasteiger partial charge in [0.05, 0.1) is 6.04 Å². The first-order chi connectivity index (χ1) is 7.75. The summed E-state index contributed by atoms with van der Waals surface area (Å²) in [6.45, 7) is 5.64. The molecule has 1 rings (SSSR count). The van der Waals surface area contributed by atoms with E-state index in [4.69, 9.17) is 0 Å². The molecule has 0 saturated carbocycles. The number of aliphatic hydroxyl groups excluding tert-OH is 1. The standard InChI is InChI=1S/C13H21NO2S/c1-13(2,3)12(16)10(14(4)5)11(15)9-6-7-17-8-9/h6-8,10-11,15H,1-5H3/t10-,11+/m0/s1. The number of ketones is 1. The van der Waals surface area contributed by atoms with Crippen LogP contribution in [0.4, 0.5) is 0 Å². The molecule has 0 unspecified atom stereocenters. The van der Waals surface area contributed by atoms with Gasteiger partial charge >= 0.3 is 0 Å². The maximum absolute atomic E-state index is 12.3. The average Bonchev–Trinajstić information content (AvgIpc) is 2.68. The molecule has 0 radical (unpaired) electrons. The Balaban J connectivity index is 2.98. The number of rotatable bonds is 4. The van der Waals surface area contributed by atoms with Gasteiger partial charge in [-0.05, 0) is 36.5 Å². The van der Waals surface area contributed by atoms with Gasteiger partial charge in [0.15, 0.2) is 5.78 Å². The molecule has 0 fully saturated rings. The highest BCUT2D eigenvalue weighted by atomic mass is 32.1. The van der Waals surface area contributed by atoms with Gasteiger partial charge in [-0.2, -0.15) is 11.3 Å². The van der Waals surface area contributed by atoms with Gasteiger partial charge in [0.25, 0.3) is 0 Å². The van der Waals surface area contributed by atoms with Crippen molar-refractivity contribution in [1.29, 1.82) is 0 Å². The summed E-state index contributed by atoms with van der Waals surface area (Å²) in [5.41, 5.74) is 0.359. The Bertz CT molecular complexity index is 365. The van der Waals surface area contributed by atoms with Crippen molar-refractivity contribution in [2.24, 2.45) is 5.41 Å². The van der Waals surface area contributed by atoms with Crippen molar-refractivity contribution in [2.75, 3.05) is 14.1 Å². The van der Waals surface area contributed by atoms with Crippen molar-refractivity contribution >= 4 is 17.1 Å². The molecule has 17 heavy (non-hydrogen) atoms. The fourth-order valence-electron chi connectivity index (χ4n) is 1.73. The van der Waals surface area contributed by atoms with Crippen LogP contribution in [-0.4, -0.2) is 35.9 Å². The van der Waals surface area contributed by atoms with Gasteiger partial charge in [0.1, 0.15) is 6.10 Å². The second-order valence-electron chi connectivity index (χ2n) is 5.52. The van der Waals surface area contributed by atoms with Crippen molar-refractivity contribution in [1.82, 2.24) is 4.90 Å². The highest BCUT2D eigenvalue weighted by Crippen LogP contribution is 2.28. The highest BCUT2D eigenvalue weighted by molar-refractivity contribution is 7.07. The van der Waals surface area contributed by atoms with Crippen LogP contribution in [-0.2, 0) is 4.79 Å². The zero-order chi connectivity index (χ0) is 13.2. The van der Waals surface area contributed by atoms with E-state index in [9.17, 15) is 9.90 Å². The molecule has 0 aliphatic carbocycles. The lowest BCUT2D eigenvalue weighted by molar-refractivity contribution is -0.135. The van der Waals surface area contributed by atoms with Gasteiger partial charge in [-0.15, -0.1) is 0 Å². The molecule has 0 amide bonds. The minimum atomic E-state index is -0.761. The van der Waals surface area contributed by atoms with E-state index < -0.39 is 17.6 Å². The van der Waals surface area contributed by atoms with E-state index in [1.165, 1.54) is 11.3 Å². The van der Waals surface area contributed by atoms with Crippen LogP contribution in [0.25, 0.3) is 0 Å². The maximum atomic E-state index is 12.3. The molecule has 0 spiro atoms. The summed E-state index contributed by atoms with van der Waals surface area (Å²) in [6.07, 6.45) is -0.761. The second-order valence-corrected chi connectivity index (χ2v) is 6.30. The highest BCUT2D eigenvalue weighted by Gasteiger charge is 2.36. The first kappa shape index (κ1) is 14.4. The number of Topliss-reactive ketones (excluding diaryl/α,β-unsaturated/α-hetero) is 1. The van der Waals surface area contributed by atoms with E-state index in [-0.39, 0.29) is 5.78 Å². The average molecular weight is 255 g/mol. The van der Waals surface area contributed by atoms with Crippen LogP contribution in [0, 0.1) is 5.41 Å². The molecule has 2 atom stereocenters. The van der Waals surface area contributed by atoms with E-state index in [2.05, 4.69) is 0 Å². The molecule has 0 aliphatic heterocycles. The van der Waals surface area contributed by atoms with Gasteiger partial charge in [0.2, 0.25) is 0 Å². The molecule has 1 N–H and O–H groups in total. The van der Waals surface area contributed by atoms with Gasteiger partial charge in [-0.1, -0.05) is 20.8 Å². The maximum Gasteiger partial charge on any atom is 0.158 e. The van der Waals surface area contributed by atoms with Crippen molar-refractivity contribution in [2.45, 2.75) is 32.9 Å². The number of hydrogen-bond donors (Lipinski definition) is 1.